The Morgan fingerprint density at radius 3 is 2.25 bits per heavy atom. The lowest BCUT2D eigenvalue weighted by atomic mass is 9.91. The third-order valence-corrected chi connectivity index (χ3v) is 3.14. The molecule has 0 aliphatic heterocycles. The Morgan fingerprint density at radius 2 is 1.85 bits per heavy atom. The van der Waals surface area contributed by atoms with Gasteiger partial charge in [-0.3, -0.25) is 0 Å². The summed E-state index contributed by atoms with van der Waals surface area (Å²) in [7, 11) is 0. The molecule has 0 saturated carbocycles. The normalized spacial score (nSPS) is 11.6. The molecular weight excluding hydrogens is 254 g/mol. The zero-order chi connectivity index (χ0) is 14.9. The fourth-order valence-corrected chi connectivity index (χ4v) is 1.98. The zero-order valence-electron chi connectivity index (χ0n) is 12.2. The van der Waals surface area contributed by atoms with Crippen molar-refractivity contribution in [2.24, 2.45) is 0 Å². The van der Waals surface area contributed by atoms with Crippen LogP contribution in [-0.4, -0.2) is 16.1 Å². The van der Waals surface area contributed by atoms with Crippen molar-refractivity contribution in [3.05, 3.63) is 41.3 Å². The second kappa shape index (κ2) is 5.12. The van der Waals surface area contributed by atoms with Crippen LogP contribution in [0, 0.1) is 0 Å². The Bertz CT molecular complexity index is 618. The summed E-state index contributed by atoms with van der Waals surface area (Å²) in [6.45, 7) is 7.84. The fraction of sp³-hybridized carbons (Fsp3) is 0.375. The molecule has 1 heterocycles. The van der Waals surface area contributed by atoms with E-state index >= 15 is 0 Å². The maximum absolute atomic E-state index is 11.3. The van der Waals surface area contributed by atoms with Crippen LogP contribution in [0.1, 0.15) is 49.5 Å². The van der Waals surface area contributed by atoms with Gasteiger partial charge in [0.15, 0.2) is 0 Å². The third kappa shape index (κ3) is 2.74. The van der Waals surface area contributed by atoms with E-state index in [1.165, 1.54) is 5.56 Å². The summed E-state index contributed by atoms with van der Waals surface area (Å²) < 4.78 is 5.45. The Morgan fingerprint density at radius 1 is 1.25 bits per heavy atom. The predicted octanol–water partition coefficient (Wildman–Crippen LogP) is 3.90. The van der Waals surface area contributed by atoms with Gasteiger partial charge in [0.2, 0.25) is 11.7 Å². The second-order valence-electron chi connectivity index (χ2n) is 5.80. The lowest BCUT2D eigenvalue weighted by Crippen LogP contribution is -2.16. The molecule has 0 amide bonds. The Balaban J connectivity index is 2.50. The van der Waals surface area contributed by atoms with Crippen molar-refractivity contribution in [1.29, 1.82) is 0 Å². The molecule has 0 aliphatic rings. The summed E-state index contributed by atoms with van der Waals surface area (Å²) in [5, 5.41) is 9.24. The van der Waals surface area contributed by atoms with Gasteiger partial charge in [0.05, 0.1) is 0 Å². The molecule has 2 aromatic rings. The van der Waals surface area contributed by atoms with Gasteiger partial charge < -0.3 is 9.52 Å². The van der Waals surface area contributed by atoms with Crippen molar-refractivity contribution in [2.75, 3.05) is 0 Å². The Labute approximate surface area is 118 Å². The molecule has 4 heteroatoms. The summed E-state index contributed by atoms with van der Waals surface area (Å²) in [6, 6.07) is 7.80. The van der Waals surface area contributed by atoms with Crippen LogP contribution in [0.15, 0.2) is 28.7 Å². The molecule has 0 radical (unpaired) electrons. The molecule has 0 aliphatic carbocycles. The fourth-order valence-electron chi connectivity index (χ4n) is 1.98. The minimum atomic E-state index is -1.08. The number of nitrogens with zero attached hydrogens (tertiary/aromatic N) is 1. The topological polar surface area (TPSA) is 63.3 Å². The molecule has 0 fully saturated rings. The van der Waals surface area contributed by atoms with Crippen molar-refractivity contribution in [3.8, 4) is 11.5 Å². The first kappa shape index (κ1) is 14.3. The Kier molecular flexibility index (Phi) is 3.66. The first-order chi connectivity index (χ1) is 9.32. The third-order valence-electron chi connectivity index (χ3n) is 3.14. The number of benzene rings is 1. The molecule has 20 heavy (non-hydrogen) atoms. The summed E-state index contributed by atoms with van der Waals surface area (Å²) in [5.41, 5.74) is 2.10. The van der Waals surface area contributed by atoms with Gasteiger partial charge in [-0.1, -0.05) is 39.8 Å². The van der Waals surface area contributed by atoms with E-state index in [4.69, 9.17) is 4.42 Å². The van der Waals surface area contributed by atoms with Gasteiger partial charge in [-0.2, -0.15) is 0 Å². The maximum Gasteiger partial charge on any atom is 0.373 e. The average molecular weight is 273 g/mol. The van der Waals surface area contributed by atoms with E-state index < -0.39 is 5.97 Å². The summed E-state index contributed by atoms with van der Waals surface area (Å²) in [4.78, 5) is 15.7. The van der Waals surface area contributed by atoms with Gasteiger partial charge in [-0.15, -0.1) is 0 Å². The smallest absolute Gasteiger partial charge is 0.373 e. The van der Waals surface area contributed by atoms with E-state index in [1.807, 2.05) is 45.0 Å². The van der Waals surface area contributed by atoms with Crippen molar-refractivity contribution in [1.82, 2.24) is 4.98 Å². The van der Waals surface area contributed by atoms with Gasteiger partial charge in [-0.05, 0) is 24.1 Å². The maximum atomic E-state index is 11.3. The van der Waals surface area contributed by atoms with E-state index in [2.05, 4.69) is 11.9 Å². The van der Waals surface area contributed by atoms with Crippen molar-refractivity contribution in [3.63, 3.8) is 0 Å². The van der Waals surface area contributed by atoms with Crippen LogP contribution in [0.3, 0.4) is 0 Å². The zero-order valence-corrected chi connectivity index (χ0v) is 12.2. The van der Waals surface area contributed by atoms with Crippen LogP contribution in [0.25, 0.3) is 11.5 Å². The van der Waals surface area contributed by atoms with E-state index in [1.54, 1.807) is 0 Å². The quantitative estimate of drug-likeness (QED) is 0.921. The number of rotatable bonds is 3. The molecule has 0 bridgehead atoms. The molecule has 0 spiro atoms. The largest absolute Gasteiger partial charge is 0.475 e. The van der Waals surface area contributed by atoms with Crippen LogP contribution in [0.4, 0.5) is 0 Å². The lowest BCUT2D eigenvalue weighted by Gasteiger charge is -2.14. The number of hydrogen-bond acceptors (Lipinski definition) is 3. The van der Waals surface area contributed by atoms with Gasteiger partial charge in [0, 0.05) is 11.0 Å². The standard InChI is InChI=1S/C16H19NO3/c1-5-10-6-8-11(9-7-10)14-17-13(16(2,3)4)12(20-14)15(18)19/h6-9H,5H2,1-4H3,(H,18,19). The summed E-state index contributed by atoms with van der Waals surface area (Å²) in [5.74, 6) is -0.805. The SMILES string of the molecule is CCc1ccc(-c2nc(C(C)(C)C)c(C(=O)O)o2)cc1. The van der Waals surface area contributed by atoms with Gasteiger partial charge in [0.1, 0.15) is 5.69 Å². The van der Waals surface area contributed by atoms with E-state index in [0.29, 0.717) is 11.6 Å². The number of aryl methyl sites for hydroxylation is 1. The summed E-state index contributed by atoms with van der Waals surface area (Å²) >= 11 is 0. The van der Waals surface area contributed by atoms with E-state index in [0.717, 1.165) is 12.0 Å². The van der Waals surface area contributed by atoms with Gasteiger partial charge in [0.25, 0.3) is 0 Å². The Hall–Kier alpha value is -2.10. The molecule has 106 valence electrons. The first-order valence-corrected chi connectivity index (χ1v) is 6.67. The van der Waals surface area contributed by atoms with Gasteiger partial charge >= 0.3 is 5.97 Å². The molecule has 1 N–H and O–H groups in total. The number of carboxylic acids is 1. The molecule has 0 atom stereocenters. The molecule has 2 rings (SSSR count). The highest BCUT2D eigenvalue weighted by molar-refractivity contribution is 5.86. The van der Waals surface area contributed by atoms with Crippen molar-refractivity contribution >= 4 is 5.97 Å². The number of aromatic nitrogens is 1. The number of aromatic carboxylic acids is 1. The van der Waals surface area contributed by atoms with Gasteiger partial charge in [-0.25, -0.2) is 9.78 Å². The van der Waals surface area contributed by atoms with Crippen LogP contribution < -0.4 is 0 Å². The van der Waals surface area contributed by atoms with E-state index in [-0.39, 0.29) is 11.2 Å². The monoisotopic (exact) mass is 273 g/mol. The number of oxazole rings is 1. The molecule has 4 nitrogen and oxygen atoms in total. The average Bonchev–Trinajstić information content (AvgIpc) is 2.84. The first-order valence-electron chi connectivity index (χ1n) is 6.67. The van der Waals surface area contributed by atoms with Crippen molar-refractivity contribution < 1.29 is 14.3 Å². The molecule has 1 aromatic heterocycles. The highest BCUT2D eigenvalue weighted by atomic mass is 16.4. The number of carbonyl (C=O) groups is 1. The van der Waals surface area contributed by atoms with Crippen LogP contribution in [-0.2, 0) is 11.8 Å². The number of hydrogen-bond donors (Lipinski definition) is 1. The second-order valence-corrected chi connectivity index (χ2v) is 5.80. The van der Waals surface area contributed by atoms with Crippen LogP contribution >= 0.6 is 0 Å². The highest BCUT2D eigenvalue weighted by Gasteiger charge is 2.29. The molecular formula is C16H19NO3. The predicted molar refractivity (Wildman–Crippen MR) is 77.0 cm³/mol. The lowest BCUT2D eigenvalue weighted by molar-refractivity contribution is 0.0659. The van der Waals surface area contributed by atoms with Crippen molar-refractivity contribution in [2.45, 2.75) is 39.5 Å². The van der Waals surface area contributed by atoms with Crippen LogP contribution in [0.5, 0.6) is 0 Å². The minimum Gasteiger partial charge on any atom is -0.475 e. The van der Waals surface area contributed by atoms with E-state index in [9.17, 15) is 9.90 Å². The molecule has 1 aromatic carbocycles. The minimum absolute atomic E-state index is 0.0768. The molecule has 0 unspecified atom stereocenters. The molecule has 0 saturated heterocycles. The number of carboxylic acid groups (broad SMARTS) is 1. The summed E-state index contributed by atoms with van der Waals surface area (Å²) in [6.07, 6.45) is 0.958. The van der Waals surface area contributed by atoms with Crippen LogP contribution in [0.2, 0.25) is 0 Å². The highest BCUT2D eigenvalue weighted by Crippen LogP contribution is 2.30.